The van der Waals surface area contributed by atoms with E-state index in [0.29, 0.717) is 0 Å². The Kier molecular flexibility index (Phi) is 8.97. The standard InChI is InChI=1S/C13H23N4O10P/c18-5-7(20)10(22)6(19)4-14-11-9(12(23)17-13(24)16-11)15-8(21)2-1-3-28(25,26)27/h6-7,10,18-20,22H,1-5H2,(H,15,21)(H2,25,26,27)(H3,14,16,17,23,24)/t6-,7+,10-/m0/s1. The van der Waals surface area contributed by atoms with Crippen molar-refractivity contribution >= 4 is 25.0 Å². The van der Waals surface area contributed by atoms with E-state index in [4.69, 9.17) is 14.9 Å². The first-order valence-corrected chi connectivity index (χ1v) is 9.84. The average molecular weight is 426 g/mol. The third-order valence-electron chi connectivity index (χ3n) is 3.52. The molecule has 0 fully saturated rings. The molecule has 0 radical (unpaired) electrons. The molecule has 0 saturated carbocycles. The second kappa shape index (κ2) is 10.5. The fourth-order valence-electron chi connectivity index (χ4n) is 2.08. The van der Waals surface area contributed by atoms with Gasteiger partial charge in [-0.15, -0.1) is 0 Å². The van der Waals surface area contributed by atoms with Gasteiger partial charge in [0, 0.05) is 13.0 Å². The van der Waals surface area contributed by atoms with Crippen LogP contribution in [0.5, 0.6) is 0 Å². The summed E-state index contributed by atoms with van der Waals surface area (Å²) in [6, 6.07) is 0. The van der Waals surface area contributed by atoms with Gasteiger partial charge in [0.05, 0.1) is 18.9 Å². The van der Waals surface area contributed by atoms with Gasteiger partial charge >= 0.3 is 13.3 Å². The van der Waals surface area contributed by atoms with Crippen LogP contribution in [0.25, 0.3) is 0 Å². The minimum Gasteiger partial charge on any atom is -0.394 e. The van der Waals surface area contributed by atoms with E-state index in [1.165, 1.54) is 0 Å². The van der Waals surface area contributed by atoms with Crippen LogP contribution in [-0.2, 0) is 9.36 Å². The van der Waals surface area contributed by atoms with Gasteiger partial charge in [-0.1, -0.05) is 0 Å². The average Bonchev–Trinajstić information content (AvgIpc) is 2.59. The lowest BCUT2D eigenvalue weighted by Crippen LogP contribution is -2.43. The van der Waals surface area contributed by atoms with Crippen molar-refractivity contribution in [3.63, 3.8) is 0 Å². The molecular formula is C13H23N4O10P. The van der Waals surface area contributed by atoms with Crippen molar-refractivity contribution < 1.29 is 39.6 Å². The lowest BCUT2D eigenvalue weighted by atomic mass is 10.1. The summed E-state index contributed by atoms with van der Waals surface area (Å²) in [5.41, 5.74) is -2.34. The summed E-state index contributed by atoms with van der Waals surface area (Å²) >= 11 is 0. The summed E-state index contributed by atoms with van der Waals surface area (Å²) in [5, 5.41) is 42.0. The van der Waals surface area contributed by atoms with Crippen molar-refractivity contribution in [1.82, 2.24) is 9.97 Å². The first-order valence-electron chi connectivity index (χ1n) is 8.04. The number of hydrogen-bond acceptors (Lipinski definition) is 9. The zero-order chi connectivity index (χ0) is 21.5. The lowest BCUT2D eigenvalue weighted by molar-refractivity contribution is -0.116. The van der Waals surface area contributed by atoms with Gasteiger partial charge in [0.2, 0.25) is 5.91 Å². The maximum atomic E-state index is 11.9. The number of carbonyl (C=O) groups is 1. The van der Waals surface area contributed by atoms with Gasteiger partial charge in [-0.2, -0.15) is 0 Å². The molecule has 0 bridgehead atoms. The molecule has 14 nitrogen and oxygen atoms in total. The molecule has 1 aromatic rings. The Labute approximate surface area is 157 Å². The number of rotatable bonds is 11. The molecule has 160 valence electrons. The maximum Gasteiger partial charge on any atom is 0.327 e. The van der Waals surface area contributed by atoms with E-state index in [2.05, 4.69) is 15.6 Å². The van der Waals surface area contributed by atoms with E-state index in [9.17, 15) is 34.3 Å². The van der Waals surface area contributed by atoms with Gasteiger partial charge in [0.25, 0.3) is 5.56 Å². The van der Waals surface area contributed by atoms with Gasteiger partial charge in [-0.25, -0.2) is 4.79 Å². The van der Waals surface area contributed by atoms with E-state index >= 15 is 0 Å². The summed E-state index contributed by atoms with van der Waals surface area (Å²) in [6.07, 6.45) is -5.93. The van der Waals surface area contributed by atoms with Crippen molar-refractivity contribution in [1.29, 1.82) is 0 Å². The fraction of sp³-hybridized carbons (Fsp3) is 0.615. The Morgan fingerprint density at radius 1 is 1.11 bits per heavy atom. The van der Waals surface area contributed by atoms with Crippen LogP contribution in [0.3, 0.4) is 0 Å². The Hall–Kier alpha value is -2.06. The number of aliphatic hydroxyl groups excluding tert-OH is 4. The minimum atomic E-state index is -4.27. The summed E-state index contributed by atoms with van der Waals surface area (Å²) in [5.74, 6) is -1.06. The van der Waals surface area contributed by atoms with Gasteiger partial charge in [0.15, 0.2) is 0 Å². The summed E-state index contributed by atoms with van der Waals surface area (Å²) < 4.78 is 10.8. The van der Waals surface area contributed by atoms with Crippen molar-refractivity contribution in [2.24, 2.45) is 0 Å². The first-order chi connectivity index (χ1) is 12.9. The quantitative estimate of drug-likeness (QED) is 0.155. The molecule has 0 aromatic carbocycles. The zero-order valence-electron chi connectivity index (χ0n) is 14.5. The molecule has 28 heavy (non-hydrogen) atoms. The zero-order valence-corrected chi connectivity index (χ0v) is 15.4. The molecule has 1 amide bonds. The van der Waals surface area contributed by atoms with Crippen molar-refractivity contribution in [2.45, 2.75) is 31.2 Å². The van der Waals surface area contributed by atoms with Crippen LogP contribution < -0.4 is 21.9 Å². The second-order valence-electron chi connectivity index (χ2n) is 5.89. The van der Waals surface area contributed by atoms with E-state index in [-0.39, 0.29) is 18.7 Å². The van der Waals surface area contributed by atoms with Crippen LogP contribution in [0.1, 0.15) is 12.8 Å². The summed E-state index contributed by atoms with van der Waals surface area (Å²) in [7, 11) is -4.27. The molecule has 1 rings (SSSR count). The number of amides is 1. The van der Waals surface area contributed by atoms with E-state index in [0.717, 1.165) is 0 Å². The number of aliphatic hydroxyl groups is 4. The van der Waals surface area contributed by atoms with Gasteiger partial charge in [-0.05, 0) is 6.42 Å². The van der Waals surface area contributed by atoms with Crippen molar-refractivity contribution in [2.75, 3.05) is 29.9 Å². The number of aromatic nitrogens is 2. The highest BCUT2D eigenvalue weighted by atomic mass is 31.2. The molecular weight excluding hydrogens is 403 g/mol. The molecule has 3 atom stereocenters. The molecule has 1 heterocycles. The van der Waals surface area contributed by atoms with Crippen LogP contribution in [0.2, 0.25) is 0 Å². The third kappa shape index (κ3) is 7.90. The Morgan fingerprint density at radius 3 is 2.32 bits per heavy atom. The number of aromatic amines is 2. The first kappa shape index (κ1) is 24.0. The molecule has 10 N–H and O–H groups in total. The highest BCUT2D eigenvalue weighted by Crippen LogP contribution is 2.35. The van der Waals surface area contributed by atoms with Crippen LogP contribution in [-0.4, -0.2) is 83.7 Å². The molecule has 0 aliphatic heterocycles. The molecule has 0 spiro atoms. The van der Waals surface area contributed by atoms with Gasteiger partial charge < -0.3 is 40.8 Å². The molecule has 15 heteroatoms. The number of carbonyl (C=O) groups excluding carboxylic acids is 1. The number of hydrogen-bond donors (Lipinski definition) is 10. The largest absolute Gasteiger partial charge is 0.394 e. The second-order valence-corrected chi connectivity index (χ2v) is 7.66. The van der Waals surface area contributed by atoms with Crippen LogP contribution in [0, 0.1) is 0 Å². The van der Waals surface area contributed by atoms with Crippen LogP contribution in [0.4, 0.5) is 11.5 Å². The number of H-pyrrole nitrogens is 2. The van der Waals surface area contributed by atoms with Crippen LogP contribution in [0.15, 0.2) is 9.59 Å². The summed E-state index contributed by atoms with van der Waals surface area (Å²) in [6.45, 7) is -1.28. The topological polar surface area (TPSA) is 245 Å². The van der Waals surface area contributed by atoms with Gasteiger partial charge in [-0.3, -0.25) is 24.1 Å². The molecule has 0 unspecified atom stereocenters. The number of nitrogens with one attached hydrogen (secondary N) is 4. The normalized spacial score (nSPS) is 14.9. The highest BCUT2D eigenvalue weighted by Gasteiger charge is 2.24. The fourth-order valence-corrected chi connectivity index (χ4v) is 2.65. The molecule has 0 aliphatic rings. The Bertz CT molecular complexity index is 818. The van der Waals surface area contributed by atoms with Crippen molar-refractivity contribution in [3.05, 3.63) is 20.8 Å². The predicted molar refractivity (Wildman–Crippen MR) is 96.1 cm³/mol. The Morgan fingerprint density at radius 2 is 1.75 bits per heavy atom. The Balaban J connectivity index is 2.84. The molecule has 1 aromatic heterocycles. The summed E-state index contributed by atoms with van der Waals surface area (Å²) in [4.78, 5) is 56.8. The monoisotopic (exact) mass is 426 g/mol. The van der Waals surface area contributed by atoms with Crippen molar-refractivity contribution in [3.8, 4) is 0 Å². The minimum absolute atomic E-state index is 0.149. The SMILES string of the molecule is O=C(CCCP(=O)(O)O)Nc1c(NC[C@H](O)[C@H](O)[C@H](O)CO)[nH]c(=O)[nH]c1=O. The van der Waals surface area contributed by atoms with E-state index in [1.54, 1.807) is 0 Å². The number of anilines is 2. The van der Waals surface area contributed by atoms with E-state index in [1.807, 2.05) is 4.98 Å². The predicted octanol–water partition coefficient (Wildman–Crippen LogP) is -3.55. The highest BCUT2D eigenvalue weighted by molar-refractivity contribution is 7.51. The third-order valence-corrected chi connectivity index (χ3v) is 4.42. The maximum absolute atomic E-state index is 11.9. The van der Waals surface area contributed by atoms with Gasteiger partial charge in [0.1, 0.15) is 23.7 Å². The van der Waals surface area contributed by atoms with Crippen LogP contribution >= 0.6 is 7.60 Å². The smallest absolute Gasteiger partial charge is 0.327 e. The molecule has 0 aliphatic carbocycles. The lowest BCUT2D eigenvalue weighted by Gasteiger charge is -2.22. The van der Waals surface area contributed by atoms with E-state index < -0.39 is 68.1 Å². The molecule has 0 saturated heterocycles.